The molecule has 0 fully saturated rings. The molecule has 0 amide bonds. The predicted octanol–water partition coefficient (Wildman–Crippen LogP) is 2.89. The van der Waals surface area contributed by atoms with E-state index in [-0.39, 0.29) is 0 Å². The van der Waals surface area contributed by atoms with E-state index in [0.717, 1.165) is 0 Å². The minimum Gasteiger partial charge on any atom is -0.485 e. The number of aryl methyl sites for hydroxylation is 1. The number of nitrogens with zero attached hydrogens (tertiary/aromatic N) is 2. The van der Waals surface area contributed by atoms with Crippen LogP contribution in [0.2, 0.25) is 0 Å². The third-order valence-electron chi connectivity index (χ3n) is 2.50. The Morgan fingerprint density at radius 2 is 2.15 bits per heavy atom. The molecule has 0 saturated heterocycles. The lowest BCUT2D eigenvalue weighted by atomic mass is 10.3. The Balaban J connectivity index is 1.97. The van der Waals surface area contributed by atoms with Crippen LogP contribution >= 0.6 is 0 Å². The molecule has 1 N–H and O–H groups in total. The molecule has 1 heterocycles. The van der Waals surface area contributed by atoms with Crippen molar-refractivity contribution in [3.63, 3.8) is 0 Å². The number of hydrogen-bond donors (Lipinski definition) is 1. The lowest BCUT2D eigenvalue weighted by Crippen LogP contribution is -2.09. The highest BCUT2D eigenvalue weighted by molar-refractivity contribution is 5.56. The maximum Gasteiger partial charge on any atom is 0.272 e. The van der Waals surface area contributed by atoms with E-state index in [0.29, 0.717) is 36.1 Å². The van der Waals surface area contributed by atoms with Gasteiger partial charge in [-0.25, -0.2) is 8.78 Å². The maximum atomic E-state index is 12.2. The van der Waals surface area contributed by atoms with Crippen LogP contribution in [-0.4, -0.2) is 23.2 Å². The second-order valence-electron chi connectivity index (χ2n) is 4.01. The molecule has 0 atom stereocenters. The number of aromatic nitrogens is 2. The van der Waals surface area contributed by atoms with Gasteiger partial charge in [-0.05, 0) is 12.1 Å². The van der Waals surface area contributed by atoms with Crippen molar-refractivity contribution < 1.29 is 18.0 Å². The normalized spacial score (nSPS) is 10.8. The summed E-state index contributed by atoms with van der Waals surface area (Å²) in [5, 5.41) is 6.83. The Hall–Kier alpha value is -2.18. The van der Waals surface area contributed by atoms with E-state index in [1.807, 2.05) is 6.92 Å². The van der Waals surface area contributed by atoms with Crippen LogP contribution < -0.4 is 10.1 Å². The van der Waals surface area contributed by atoms with E-state index in [4.69, 9.17) is 9.26 Å². The van der Waals surface area contributed by atoms with Crippen LogP contribution in [0.25, 0.3) is 0 Å². The molecule has 20 heavy (non-hydrogen) atoms. The molecule has 0 aliphatic heterocycles. The second-order valence-corrected chi connectivity index (χ2v) is 4.01. The SMILES string of the molecule is CCc1nc(CNc2ccccc2OCC(F)F)no1. The molecule has 2 rings (SSSR count). The molecule has 7 heteroatoms. The van der Waals surface area contributed by atoms with Crippen molar-refractivity contribution in [1.29, 1.82) is 0 Å². The number of halogens is 2. The summed E-state index contributed by atoms with van der Waals surface area (Å²) in [5.41, 5.74) is 0.607. The smallest absolute Gasteiger partial charge is 0.272 e. The first-order chi connectivity index (χ1) is 9.69. The Morgan fingerprint density at radius 3 is 2.85 bits per heavy atom. The average Bonchev–Trinajstić information content (AvgIpc) is 2.91. The fourth-order valence-corrected chi connectivity index (χ4v) is 1.57. The summed E-state index contributed by atoms with van der Waals surface area (Å²) >= 11 is 0. The fraction of sp³-hybridized carbons (Fsp3) is 0.385. The van der Waals surface area contributed by atoms with E-state index in [9.17, 15) is 8.78 Å². The first-order valence-electron chi connectivity index (χ1n) is 6.24. The van der Waals surface area contributed by atoms with Crippen molar-refractivity contribution in [2.45, 2.75) is 26.3 Å². The standard InChI is InChI=1S/C13H15F2N3O2/c1-2-13-17-12(18-20-13)7-16-9-5-3-4-6-10(9)19-8-11(14)15/h3-6,11,16H,2,7-8H2,1H3. The van der Waals surface area contributed by atoms with Crippen LogP contribution in [0.1, 0.15) is 18.6 Å². The maximum absolute atomic E-state index is 12.2. The number of rotatable bonds is 7. The minimum absolute atomic E-state index is 0.332. The van der Waals surface area contributed by atoms with Gasteiger partial charge in [0.05, 0.1) is 12.2 Å². The van der Waals surface area contributed by atoms with Crippen molar-refractivity contribution >= 4 is 5.69 Å². The average molecular weight is 283 g/mol. The minimum atomic E-state index is -2.51. The van der Waals surface area contributed by atoms with E-state index in [1.165, 1.54) is 0 Å². The molecule has 1 aromatic carbocycles. The zero-order valence-electron chi connectivity index (χ0n) is 11.0. The topological polar surface area (TPSA) is 60.2 Å². The zero-order valence-corrected chi connectivity index (χ0v) is 11.0. The van der Waals surface area contributed by atoms with Crippen molar-refractivity contribution in [2.75, 3.05) is 11.9 Å². The highest BCUT2D eigenvalue weighted by atomic mass is 19.3. The first kappa shape index (κ1) is 14.2. The van der Waals surface area contributed by atoms with Gasteiger partial charge in [-0.3, -0.25) is 0 Å². The van der Waals surface area contributed by atoms with E-state index in [2.05, 4.69) is 15.5 Å². The third kappa shape index (κ3) is 3.91. The molecule has 108 valence electrons. The zero-order chi connectivity index (χ0) is 14.4. The summed E-state index contributed by atoms with van der Waals surface area (Å²) < 4.78 is 34.4. The molecule has 0 unspecified atom stereocenters. The number of para-hydroxylation sites is 2. The summed E-state index contributed by atoms with van der Waals surface area (Å²) in [6.45, 7) is 1.61. The summed E-state index contributed by atoms with van der Waals surface area (Å²) in [6, 6.07) is 6.86. The molecule has 0 radical (unpaired) electrons. The van der Waals surface area contributed by atoms with Crippen LogP contribution in [0.15, 0.2) is 28.8 Å². The molecular weight excluding hydrogens is 268 g/mol. The fourth-order valence-electron chi connectivity index (χ4n) is 1.57. The lowest BCUT2D eigenvalue weighted by Gasteiger charge is -2.11. The van der Waals surface area contributed by atoms with Gasteiger partial charge in [0.15, 0.2) is 5.82 Å². The van der Waals surface area contributed by atoms with Gasteiger partial charge in [0.2, 0.25) is 5.89 Å². The second kappa shape index (κ2) is 6.83. The van der Waals surface area contributed by atoms with Gasteiger partial charge in [-0.2, -0.15) is 4.98 Å². The van der Waals surface area contributed by atoms with Crippen molar-refractivity contribution in [3.8, 4) is 5.75 Å². The predicted molar refractivity (Wildman–Crippen MR) is 68.9 cm³/mol. The summed E-state index contributed by atoms with van der Waals surface area (Å²) in [4.78, 5) is 4.15. The Bertz CT molecular complexity index is 546. The lowest BCUT2D eigenvalue weighted by molar-refractivity contribution is 0.0822. The van der Waals surface area contributed by atoms with Crippen LogP contribution in [0.4, 0.5) is 14.5 Å². The van der Waals surface area contributed by atoms with Crippen molar-refractivity contribution in [1.82, 2.24) is 10.1 Å². The number of anilines is 1. The quantitative estimate of drug-likeness (QED) is 0.846. The summed E-state index contributed by atoms with van der Waals surface area (Å²) in [5.74, 6) is 1.43. The molecule has 1 aromatic heterocycles. The number of hydrogen-bond acceptors (Lipinski definition) is 5. The Labute approximate surface area is 114 Å². The van der Waals surface area contributed by atoms with Crippen LogP contribution in [0, 0.1) is 0 Å². The van der Waals surface area contributed by atoms with Gasteiger partial charge in [0.1, 0.15) is 12.4 Å². The van der Waals surface area contributed by atoms with Gasteiger partial charge in [-0.15, -0.1) is 0 Å². The number of alkyl halides is 2. The molecule has 0 aliphatic rings. The number of nitrogens with one attached hydrogen (secondary N) is 1. The largest absolute Gasteiger partial charge is 0.485 e. The Kier molecular flexibility index (Phi) is 4.86. The molecule has 0 aliphatic carbocycles. The number of ether oxygens (including phenoxy) is 1. The van der Waals surface area contributed by atoms with Crippen LogP contribution in [-0.2, 0) is 13.0 Å². The van der Waals surface area contributed by atoms with Crippen molar-refractivity contribution in [3.05, 3.63) is 36.0 Å². The van der Waals surface area contributed by atoms with E-state index in [1.54, 1.807) is 24.3 Å². The van der Waals surface area contributed by atoms with Crippen LogP contribution in [0.5, 0.6) is 5.75 Å². The first-order valence-corrected chi connectivity index (χ1v) is 6.24. The summed E-state index contributed by atoms with van der Waals surface area (Å²) in [7, 11) is 0. The Morgan fingerprint density at radius 1 is 1.35 bits per heavy atom. The van der Waals surface area contributed by atoms with Gasteiger partial charge >= 0.3 is 0 Å². The third-order valence-corrected chi connectivity index (χ3v) is 2.50. The highest BCUT2D eigenvalue weighted by Crippen LogP contribution is 2.24. The van der Waals surface area contributed by atoms with Gasteiger partial charge in [-0.1, -0.05) is 24.2 Å². The van der Waals surface area contributed by atoms with E-state index < -0.39 is 13.0 Å². The molecule has 0 bridgehead atoms. The molecular formula is C13H15F2N3O2. The van der Waals surface area contributed by atoms with Gasteiger partial charge in [0.25, 0.3) is 6.43 Å². The summed E-state index contributed by atoms with van der Waals surface area (Å²) in [6.07, 6.45) is -1.84. The molecule has 5 nitrogen and oxygen atoms in total. The van der Waals surface area contributed by atoms with Crippen LogP contribution in [0.3, 0.4) is 0 Å². The number of benzene rings is 1. The monoisotopic (exact) mass is 283 g/mol. The van der Waals surface area contributed by atoms with E-state index >= 15 is 0 Å². The highest BCUT2D eigenvalue weighted by Gasteiger charge is 2.09. The van der Waals surface area contributed by atoms with Gasteiger partial charge < -0.3 is 14.6 Å². The molecule has 2 aromatic rings. The molecule has 0 spiro atoms. The van der Waals surface area contributed by atoms with Crippen molar-refractivity contribution in [2.24, 2.45) is 0 Å². The van der Waals surface area contributed by atoms with Gasteiger partial charge in [0, 0.05) is 6.42 Å². The molecule has 0 saturated carbocycles.